The van der Waals surface area contributed by atoms with Crippen LogP contribution in [-0.4, -0.2) is 15.0 Å². The summed E-state index contributed by atoms with van der Waals surface area (Å²) in [4.78, 5) is 13.3. The summed E-state index contributed by atoms with van der Waals surface area (Å²) in [6, 6.07) is 78.5. The van der Waals surface area contributed by atoms with E-state index in [1.807, 2.05) is 85.3 Å². The Morgan fingerprint density at radius 3 is 1.06 bits per heavy atom. The normalized spacial score (nSPS) is 10.3. The van der Waals surface area contributed by atoms with Gasteiger partial charge in [0.05, 0.1) is 5.69 Å². The zero-order chi connectivity index (χ0) is 46.9. The van der Waals surface area contributed by atoms with E-state index in [9.17, 15) is 0 Å². The molecule has 0 N–H and O–H groups in total. The largest absolute Gasteiger partial charge is 0.305 e. The first-order valence-corrected chi connectivity index (χ1v) is 23.8. The summed E-state index contributed by atoms with van der Waals surface area (Å²) in [6.07, 6.45) is 9.74. The molecule has 0 unspecified atom stereocenters. The zero-order valence-corrected chi connectivity index (χ0v) is 45.0. The third-order valence-electron chi connectivity index (χ3n) is 12.0. The maximum Gasteiger partial charge on any atom is 0.0702 e. The number of hydrogen-bond donors (Lipinski definition) is 0. The molecule has 0 aliphatic rings. The Morgan fingerprint density at radius 1 is 0.286 bits per heavy atom. The first-order valence-electron chi connectivity index (χ1n) is 23.8. The van der Waals surface area contributed by atoms with E-state index in [1.54, 1.807) is 0 Å². The van der Waals surface area contributed by atoms with E-state index in [0.29, 0.717) is 0 Å². The number of aryl methyl sites for hydroxylation is 4. The Kier molecular flexibility index (Phi) is 20.2. The van der Waals surface area contributed by atoms with Crippen LogP contribution in [0.3, 0.4) is 0 Å². The SMILES string of the molecule is CCc1cc(CC)cc(-c2cc[c-]c(-c3ccccn3)c2)c1.CCc1cc(CC)cc(-c2cccc(-c3ccccn3)c2)c1.[Ir].[Ir].[c-]1ccc(-c2cccc(-c3ccccc3)c2)cc1-c1ccccn1. The Morgan fingerprint density at radius 2 is 0.629 bits per heavy atom. The Hall–Kier alpha value is -6.71. The van der Waals surface area contributed by atoms with Crippen molar-refractivity contribution >= 4 is 0 Å². The summed E-state index contributed by atoms with van der Waals surface area (Å²) in [5, 5.41) is 0. The van der Waals surface area contributed by atoms with Gasteiger partial charge in [-0.2, -0.15) is 0 Å². The average molecular weight is 1260 g/mol. The molecule has 2 radical (unpaired) electrons. The number of benzene rings is 7. The average Bonchev–Trinajstić information content (AvgIpc) is 3.44. The smallest absolute Gasteiger partial charge is 0.0702 e. The van der Waals surface area contributed by atoms with Crippen molar-refractivity contribution in [1.29, 1.82) is 0 Å². The second-order valence-corrected chi connectivity index (χ2v) is 16.6. The monoisotopic (exact) mass is 1270 g/mol. The molecule has 7 aromatic carbocycles. The van der Waals surface area contributed by atoms with Crippen LogP contribution in [0.5, 0.6) is 0 Å². The minimum atomic E-state index is 0. The second-order valence-electron chi connectivity index (χ2n) is 16.6. The molecule has 0 saturated heterocycles. The number of pyridine rings is 3. The van der Waals surface area contributed by atoms with Crippen LogP contribution in [0.4, 0.5) is 0 Å². The predicted molar refractivity (Wildman–Crippen MR) is 286 cm³/mol. The van der Waals surface area contributed by atoms with Crippen molar-refractivity contribution in [3.05, 3.63) is 259 Å². The predicted octanol–water partition coefficient (Wildman–Crippen LogP) is 16.8. The number of hydrogen-bond acceptors (Lipinski definition) is 3. The van der Waals surface area contributed by atoms with Crippen molar-refractivity contribution in [2.75, 3.05) is 0 Å². The molecule has 70 heavy (non-hydrogen) atoms. The van der Waals surface area contributed by atoms with Crippen LogP contribution in [0, 0.1) is 12.1 Å². The van der Waals surface area contributed by atoms with Crippen LogP contribution in [0.15, 0.2) is 225 Å². The van der Waals surface area contributed by atoms with E-state index in [4.69, 9.17) is 0 Å². The standard InChI is InChI=1S/C23H16N.C21H21N.C21H20N.2Ir/c1-2-8-18(9-3-1)19-10-6-11-20(16-19)21-12-7-13-22(17-21)23-14-4-5-15-24-23;2*1-3-16-12-17(4-2)14-20(13-16)18-8-7-9-19(15-18)21-10-5-6-11-22-21;;/h1-12,14-17H;5-15H,3-4H2,1-2H3;5-8,10-15H,3-4H2,1-2H3;;/q-1;;-1;;. The van der Waals surface area contributed by atoms with Crippen LogP contribution in [0.1, 0.15) is 49.9 Å². The van der Waals surface area contributed by atoms with Gasteiger partial charge in [-0.15, -0.1) is 70.8 Å². The maximum atomic E-state index is 4.45. The van der Waals surface area contributed by atoms with Gasteiger partial charge in [0.25, 0.3) is 0 Å². The molecule has 0 fully saturated rings. The molecule has 352 valence electrons. The van der Waals surface area contributed by atoms with Crippen molar-refractivity contribution in [3.8, 4) is 78.3 Å². The molecular formula is C65H57Ir2N3-2. The second kappa shape index (κ2) is 26.9. The number of rotatable bonds is 11. The van der Waals surface area contributed by atoms with Crippen molar-refractivity contribution in [2.24, 2.45) is 0 Å². The van der Waals surface area contributed by atoms with E-state index in [-0.39, 0.29) is 40.2 Å². The van der Waals surface area contributed by atoms with Gasteiger partial charge in [0.1, 0.15) is 0 Å². The molecule has 10 aromatic rings. The van der Waals surface area contributed by atoms with E-state index < -0.39 is 0 Å². The van der Waals surface area contributed by atoms with Gasteiger partial charge < -0.3 is 9.97 Å². The minimum absolute atomic E-state index is 0. The van der Waals surface area contributed by atoms with Crippen molar-refractivity contribution in [2.45, 2.75) is 53.4 Å². The fourth-order valence-corrected chi connectivity index (χ4v) is 8.21. The fourth-order valence-electron chi connectivity index (χ4n) is 8.21. The molecule has 0 saturated carbocycles. The van der Waals surface area contributed by atoms with E-state index in [2.05, 4.69) is 194 Å². The van der Waals surface area contributed by atoms with E-state index in [1.165, 1.54) is 66.8 Å². The number of aromatic nitrogens is 3. The topological polar surface area (TPSA) is 38.7 Å². The molecule has 3 aromatic heterocycles. The first kappa shape index (κ1) is 52.7. The van der Waals surface area contributed by atoms with Gasteiger partial charge in [-0.3, -0.25) is 4.98 Å². The van der Waals surface area contributed by atoms with Gasteiger partial charge in [-0.25, -0.2) is 0 Å². The summed E-state index contributed by atoms with van der Waals surface area (Å²) >= 11 is 0. The van der Waals surface area contributed by atoms with Gasteiger partial charge in [0.2, 0.25) is 0 Å². The van der Waals surface area contributed by atoms with Crippen molar-refractivity contribution in [1.82, 2.24) is 15.0 Å². The summed E-state index contributed by atoms with van der Waals surface area (Å²) in [5.41, 5.74) is 21.6. The minimum Gasteiger partial charge on any atom is -0.305 e. The molecule has 10 rings (SSSR count). The zero-order valence-electron chi connectivity index (χ0n) is 40.2. The quantitative estimate of drug-likeness (QED) is 0.121. The molecular weight excluding hydrogens is 1210 g/mol. The fraction of sp³-hybridized carbons (Fsp3) is 0.123. The van der Waals surface area contributed by atoms with E-state index >= 15 is 0 Å². The van der Waals surface area contributed by atoms with Crippen LogP contribution >= 0.6 is 0 Å². The molecule has 3 heterocycles. The molecule has 0 aliphatic heterocycles. The Balaban J connectivity index is 0.000000170. The van der Waals surface area contributed by atoms with Gasteiger partial charge in [-0.05, 0) is 129 Å². The van der Waals surface area contributed by atoms with Gasteiger partial charge >= 0.3 is 0 Å². The summed E-state index contributed by atoms with van der Waals surface area (Å²) < 4.78 is 0. The molecule has 5 heteroatoms. The van der Waals surface area contributed by atoms with E-state index in [0.717, 1.165) is 59.5 Å². The van der Waals surface area contributed by atoms with Gasteiger partial charge in [-0.1, -0.05) is 161 Å². The molecule has 0 atom stereocenters. The van der Waals surface area contributed by atoms with Crippen molar-refractivity contribution < 1.29 is 40.2 Å². The van der Waals surface area contributed by atoms with Crippen LogP contribution in [0.2, 0.25) is 0 Å². The Labute approximate surface area is 442 Å². The van der Waals surface area contributed by atoms with Crippen LogP contribution in [0.25, 0.3) is 78.3 Å². The number of nitrogens with zero attached hydrogens (tertiary/aromatic N) is 3. The molecule has 0 aliphatic carbocycles. The summed E-state index contributed by atoms with van der Waals surface area (Å²) in [6.45, 7) is 8.83. The third-order valence-corrected chi connectivity index (χ3v) is 12.0. The summed E-state index contributed by atoms with van der Waals surface area (Å²) in [7, 11) is 0. The first-order chi connectivity index (χ1) is 33.5. The molecule has 0 amide bonds. The Bertz CT molecular complexity index is 2900. The molecule has 0 bridgehead atoms. The van der Waals surface area contributed by atoms with Gasteiger partial charge in [0, 0.05) is 64.4 Å². The van der Waals surface area contributed by atoms with Crippen LogP contribution < -0.4 is 0 Å². The third kappa shape index (κ3) is 14.2. The molecule has 3 nitrogen and oxygen atoms in total. The van der Waals surface area contributed by atoms with Gasteiger partial charge in [0.15, 0.2) is 0 Å². The summed E-state index contributed by atoms with van der Waals surface area (Å²) in [5.74, 6) is 0. The van der Waals surface area contributed by atoms with Crippen LogP contribution in [-0.2, 0) is 65.9 Å². The molecule has 0 spiro atoms. The maximum absolute atomic E-state index is 4.45. The van der Waals surface area contributed by atoms with Crippen molar-refractivity contribution in [3.63, 3.8) is 0 Å².